The summed E-state index contributed by atoms with van der Waals surface area (Å²) in [4.78, 5) is 16.7. The van der Waals surface area contributed by atoms with Crippen molar-refractivity contribution in [1.29, 1.82) is 0 Å². The first-order valence-corrected chi connectivity index (χ1v) is 10.0. The van der Waals surface area contributed by atoms with Crippen LogP contribution in [0.15, 0.2) is 60.7 Å². The zero-order valence-electron chi connectivity index (χ0n) is 16.8. The largest absolute Gasteiger partial charge is 0.384 e. The van der Waals surface area contributed by atoms with E-state index in [-0.39, 0.29) is 18.3 Å². The highest BCUT2D eigenvalue weighted by atomic mass is 35.5. The number of pyridine rings is 1. The van der Waals surface area contributed by atoms with E-state index >= 15 is 0 Å². The van der Waals surface area contributed by atoms with Crippen LogP contribution in [0.5, 0.6) is 0 Å². The first-order valence-electron chi connectivity index (χ1n) is 9.64. The van der Waals surface area contributed by atoms with Crippen molar-refractivity contribution in [3.8, 4) is 0 Å². The van der Waals surface area contributed by atoms with Gasteiger partial charge in [0.05, 0.1) is 11.4 Å². The van der Waals surface area contributed by atoms with E-state index in [1.807, 2.05) is 55.5 Å². The van der Waals surface area contributed by atoms with E-state index in [0.29, 0.717) is 22.9 Å². The van der Waals surface area contributed by atoms with Crippen LogP contribution in [-0.2, 0) is 11.2 Å². The first kappa shape index (κ1) is 23.5. The Morgan fingerprint density at radius 2 is 1.80 bits per heavy atom. The lowest BCUT2D eigenvalue weighted by molar-refractivity contribution is -0.116. The quantitative estimate of drug-likeness (QED) is 0.364. The molecule has 30 heavy (non-hydrogen) atoms. The Morgan fingerprint density at radius 3 is 2.53 bits per heavy atom. The number of anilines is 4. The number of nitrogens with two attached hydrogens (primary N) is 1. The number of para-hydroxylation sites is 1. The summed E-state index contributed by atoms with van der Waals surface area (Å²) in [6, 6.07) is 19.0. The maximum Gasteiger partial charge on any atom is 0.224 e. The Morgan fingerprint density at radius 1 is 1.03 bits per heavy atom. The van der Waals surface area contributed by atoms with E-state index in [4.69, 9.17) is 17.3 Å². The van der Waals surface area contributed by atoms with Gasteiger partial charge in [-0.15, -0.1) is 12.4 Å². The summed E-state index contributed by atoms with van der Waals surface area (Å²) in [5.74, 6) is 0.513. The van der Waals surface area contributed by atoms with Gasteiger partial charge < -0.3 is 16.4 Å². The summed E-state index contributed by atoms with van der Waals surface area (Å²) < 4.78 is 0. The van der Waals surface area contributed by atoms with Gasteiger partial charge in [-0.25, -0.2) is 4.98 Å². The number of aryl methyl sites for hydroxylation is 2. The number of nitrogens with zero attached hydrogens (tertiary/aromatic N) is 1. The molecule has 0 unspecified atom stereocenters. The van der Waals surface area contributed by atoms with Gasteiger partial charge in [-0.2, -0.15) is 0 Å². The van der Waals surface area contributed by atoms with Gasteiger partial charge in [0.25, 0.3) is 0 Å². The Hall–Kier alpha value is -2.76. The summed E-state index contributed by atoms with van der Waals surface area (Å²) in [6.07, 6.45) is 2.89. The van der Waals surface area contributed by atoms with Gasteiger partial charge in [0, 0.05) is 22.8 Å². The average molecular weight is 445 g/mol. The second kappa shape index (κ2) is 11.4. The molecule has 0 aliphatic rings. The summed E-state index contributed by atoms with van der Waals surface area (Å²) in [7, 11) is 0. The molecule has 0 saturated carbocycles. The third kappa shape index (κ3) is 7.25. The molecule has 5 nitrogen and oxygen atoms in total. The van der Waals surface area contributed by atoms with Crippen molar-refractivity contribution in [3.63, 3.8) is 0 Å². The second-order valence-corrected chi connectivity index (χ2v) is 7.43. The molecule has 2 aromatic carbocycles. The third-order valence-electron chi connectivity index (χ3n) is 4.44. The molecule has 0 fully saturated rings. The van der Waals surface area contributed by atoms with E-state index in [0.717, 1.165) is 41.9 Å². The molecule has 3 rings (SSSR count). The maximum atomic E-state index is 12.4. The SMILES string of the molecule is Cc1cc(N)nc(CCCCC(=O)Nc2ccc(Cl)cc2Nc2ccccc2)c1.Cl. The highest BCUT2D eigenvalue weighted by molar-refractivity contribution is 6.31. The lowest BCUT2D eigenvalue weighted by atomic mass is 10.1. The van der Waals surface area contributed by atoms with Crippen LogP contribution in [0.3, 0.4) is 0 Å². The van der Waals surface area contributed by atoms with E-state index < -0.39 is 0 Å². The lowest BCUT2D eigenvalue weighted by Gasteiger charge is -2.14. The molecule has 0 saturated heterocycles. The monoisotopic (exact) mass is 444 g/mol. The summed E-state index contributed by atoms with van der Waals surface area (Å²) in [6.45, 7) is 2.00. The predicted molar refractivity (Wildman–Crippen MR) is 128 cm³/mol. The van der Waals surface area contributed by atoms with E-state index in [1.54, 1.807) is 12.1 Å². The topological polar surface area (TPSA) is 80.0 Å². The molecule has 1 aromatic heterocycles. The Labute approximate surface area is 188 Å². The molecule has 3 aromatic rings. The Balaban J connectivity index is 0.00000320. The number of hydrogen-bond acceptors (Lipinski definition) is 4. The molecule has 4 N–H and O–H groups in total. The van der Waals surface area contributed by atoms with Gasteiger partial charge in [-0.05, 0) is 74.2 Å². The molecule has 0 radical (unpaired) electrons. The summed E-state index contributed by atoms with van der Waals surface area (Å²) in [5, 5.41) is 6.88. The fourth-order valence-electron chi connectivity index (χ4n) is 3.11. The van der Waals surface area contributed by atoms with Gasteiger partial charge in [-0.1, -0.05) is 29.8 Å². The predicted octanol–water partition coefficient (Wildman–Crippen LogP) is 6.14. The highest BCUT2D eigenvalue weighted by Gasteiger charge is 2.09. The zero-order valence-corrected chi connectivity index (χ0v) is 18.4. The fourth-order valence-corrected chi connectivity index (χ4v) is 3.28. The standard InChI is InChI=1S/C23H25ClN4O.ClH/c1-16-13-19(27-22(25)14-16)9-5-6-10-23(29)28-20-12-11-17(24)15-21(20)26-18-7-3-2-4-8-18;/h2-4,7-8,11-15,26H,5-6,9-10H2,1H3,(H2,25,27)(H,28,29);1H. The number of nitrogen functional groups attached to an aromatic ring is 1. The molecule has 0 atom stereocenters. The zero-order chi connectivity index (χ0) is 20.6. The summed E-state index contributed by atoms with van der Waals surface area (Å²) >= 11 is 6.13. The molecule has 1 heterocycles. The second-order valence-electron chi connectivity index (χ2n) is 7.00. The molecular weight excluding hydrogens is 419 g/mol. The van der Waals surface area contributed by atoms with E-state index in [9.17, 15) is 4.79 Å². The van der Waals surface area contributed by atoms with Crippen molar-refractivity contribution in [3.05, 3.63) is 76.9 Å². The third-order valence-corrected chi connectivity index (χ3v) is 4.67. The van der Waals surface area contributed by atoms with Gasteiger partial charge in [0.15, 0.2) is 0 Å². The molecule has 0 aliphatic carbocycles. The van der Waals surface area contributed by atoms with Crippen molar-refractivity contribution < 1.29 is 4.79 Å². The van der Waals surface area contributed by atoms with Gasteiger partial charge in [0.1, 0.15) is 5.82 Å². The number of hydrogen-bond donors (Lipinski definition) is 3. The number of rotatable bonds is 8. The molecule has 0 spiro atoms. The number of carbonyl (C=O) groups excluding carboxylic acids is 1. The molecular formula is C23H26Cl2N4O. The number of aromatic nitrogens is 1. The highest BCUT2D eigenvalue weighted by Crippen LogP contribution is 2.29. The number of halogens is 2. The average Bonchev–Trinajstić information content (AvgIpc) is 2.67. The van der Waals surface area contributed by atoms with E-state index in [2.05, 4.69) is 15.6 Å². The minimum atomic E-state index is -0.0276. The van der Waals surface area contributed by atoms with Crippen LogP contribution in [-0.4, -0.2) is 10.9 Å². The number of benzene rings is 2. The number of carbonyl (C=O) groups is 1. The minimum Gasteiger partial charge on any atom is -0.384 e. The first-order chi connectivity index (χ1) is 14.0. The van der Waals surface area contributed by atoms with Crippen molar-refractivity contribution in [2.45, 2.75) is 32.6 Å². The van der Waals surface area contributed by atoms with Crippen molar-refractivity contribution in [2.75, 3.05) is 16.4 Å². The fraction of sp³-hybridized carbons (Fsp3) is 0.217. The Bertz CT molecular complexity index is 960. The van der Waals surface area contributed by atoms with Crippen LogP contribution in [0.2, 0.25) is 5.02 Å². The molecule has 158 valence electrons. The van der Waals surface area contributed by atoms with Crippen LogP contribution in [0.1, 0.15) is 30.5 Å². The number of unbranched alkanes of at least 4 members (excludes halogenated alkanes) is 1. The smallest absolute Gasteiger partial charge is 0.224 e. The lowest BCUT2D eigenvalue weighted by Crippen LogP contribution is -2.12. The number of amides is 1. The van der Waals surface area contributed by atoms with Crippen LogP contribution < -0.4 is 16.4 Å². The number of nitrogens with one attached hydrogen (secondary N) is 2. The van der Waals surface area contributed by atoms with E-state index in [1.165, 1.54) is 0 Å². The molecule has 0 aliphatic heterocycles. The van der Waals surface area contributed by atoms with Crippen LogP contribution in [0.25, 0.3) is 0 Å². The Kier molecular flexibility index (Phi) is 8.96. The maximum absolute atomic E-state index is 12.4. The molecule has 7 heteroatoms. The molecule has 0 bridgehead atoms. The van der Waals surface area contributed by atoms with Crippen molar-refractivity contribution >= 4 is 52.8 Å². The van der Waals surface area contributed by atoms with Gasteiger partial charge in [0.2, 0.25) is 5.91 Å². The normalized spacial score (nSPS) is 10.2. The van der Waals surface area contributed by atoms with Crippen LogP contribution in [0, 0.1) is 6.92 Å². The van der Waals surface area contributed by atoms with Gasteiger partial charge >= 0.3 is 0 Å². The van der Waals surface area contributed by atoms with Crippen LogP contribution in [0.4, 0.5) is 22.9 Å². The summed E-state index contributed by atoms with van der Waals surface area (Å²) in [5.41, 5.74) is 10.2. The van der Waals surface area contributed by atoms with Crippen molar-refractivity contribution in [1.82, 2.24) is 4.98 Å². The van der Waals surface area contributed by atoms with Crippen LogP contribution >= 0.6 is 24.0 Å². The van der Waals surface area contributed by atoms with Crippen molar-refractivity contribution in [2.24, 2.45) is 0 Å². The molecule has 1 amide bonds. The van der Waals surface area contributed by atoms with Gasteiger partial charge in [-0.3, -0.25) is 4.79 Å². The minimum absolute atomic E-state index is 0.